The molecular weight excluding hydrogens is 346 g/mol. The molecule has 0 fully saturated rings. The summed E-state index contributed by atoms with van der Waals surface area (Å²) in [7, 11) is -1.92. The standard InChI is InChI=1S/C20H37NO4Si/c1-11-12-17(22)15-21(18(23)25-19(3,4)5)16(2)13-14-24-26(9,10)20(6,7)8/h11-14,16H,15H2,1-10H3/t16-/m0/s1. The van der Waals surface area contributed by atoms with Gasteiger partial charge in [-0.1, -0.05) is 26.8 Å². The second-order valence-electron chi connectivity index (χ2n) is 9.02. The highest BCUT2D eigenvalue weighted by Crippen LogP contribution is 2.36. The smallest absolute Gasteiger partial charge is 0.411 e. The van der Waals surface area contributed by atoms with Crippen molar-refractivity contribution >= 4 is 20.2 Å². The van der Waals surface area contributed by atoms with E-state index in [4.69, 9.17) is 9.16 Å². The molecule has 5 nitrogen and oxygen atoms in total. The van der Waals surface area contributed by atoms with Crippen LogP contribution in [0, 0.1) is 0 Å². The molecule has 0 aliphatic heterocycles. The Labute approximate surface area is 160 Å². The van der Waals surface area contributed by atoms with Gasteiger partial charge >= 0.3 is 6.09 Å². The third-order valence-corrected chi connectivity index (χ3v) is 8.66. The van der Waals surface area contributed by atoms with Crippen LogP contribution in [-0.4, -0.2) is 43.3 Å². The molecule has 0 aliphatic carbocycles. The first-order valence-corrected chi connectivity index (χ1v) is 12.0. The van der Waals surface area contributed by atoms with Crippen LogP contribution in [0.1, 0.15) is 55.4 Å². The molecule has 0 spiro atoms. The van der Waals surface area contributed by atoms with Gasteiger partial charge in [-0.2, -0.15) is 0 Å². The highest BCUT2D eigenvalue weighted by molar-refractivity contribution is 6.74. The van der Waals surface area contributed by atoms with Crippen molar-refractivity contribution in [3.63, 3.8) is 0 Å². The predicted molar refractivity (Wildman–Crippen MR) is 110 cm³/mol. The van der Waals surface area contributed by atoms with Crippen molar-refractivity contribution in [2.24, 2.45) is 0 Å². The molecule has 0 aromatic rings. The third-order valence-electron chi connectivity index (χ3n) is 4.32. The highest BCUT2D eigenvalue weighted by Gasteiger charge is 2.38. The maximum atomic E-state index is 12.5. The van der Waals surface area contributed by atoms with Gasteiger partial charge in [0, 0.05) is 0 Å². The van der Waals surface area contributed by atoms with Crippen LogP contribution in [0.2, 0.25) is 18.1 Å². The van der Waals surface area contributed by atoms with Crippen LogP contribution < -0.4 is 0 Å². The summed E-state index contributed by atoms with van der Waals surface area (Å²) in [6.45, 7) is 19.8. The number of ketones is 1. The Kier molecular flexibility index (Phi) is 8.83. The second kappa shape index (κ2) is 9.40. The van der Waals surface area contributed by atoms with Crippen LogP contribution in [0.15, 0.2) is 24.5 Å². The van der Waals surface area contributed by atoms with Crippen molar-refractivity contribution in [1.29, 1.82) is 0 Å². The van der Waals surface area contributed by atoms with E-state index in [1.54, 1.807) is 46.1 Å². The van der Waals surface area contributed by atoms with Gasteiger partial charge in [-0.3, -0.25) is 9.69 Å². The average Bonchev–Trinajstić information content (AvgIpc) is 2.41. The number of amides is 1. The summed E-state index contributed by atoms with van der Waals surface area (Å²) < 4.78 is 11.5. The zero-order valence-electron chi connectivity index (χ0n) is 18.2. The van der Waals surface area contributed by atoms with Crippen molar-refractivity contribution in [1.82, 2.24) is 4.90 Å². The van der Waals surface area contributed by atoms with Crippen LogP contribution in [0.5, 0.6) is 0 Å². The lowest BCUT2D eigenvalue weighted by Crippen LogP contribution is -2.44. The van der Waals surface area contributed by atoms with E-state index in [-0.39, 0.29) is 23.4 Å². The van der Waals surface area contributed by atoms with Gasteiger partial charge in [-0.05, 0) is 64.9 Å². The van der Waals surface area contributed by atoms with E-state index in [0.29, 0.717) is 0 Å². The van der Waals surface area contributed by atoms with E-state index in [0.717, 1.165) is 0 Å². The van der Waals surface area contributed by atoms with Gasteiger partial charge < -0.3 is 9.16 Å². The first-order valence-electron chi connectivity index (χ1n) is 9.10. The zero-order valence-corrected chi connectivity index (χ0v) is 19.2. The highest BCUT2D eigenvalue weighted by atomic mass is 28.4. The molecule has 150 valence electrons. The normalized spacial score (nSPS) is 14.5. The lowest BCUT2D eigenvalue weighted by Gasteiger charge is -2.35. The molecular formula is C20H37NO4Si. The molecule has 0 rings (SSSR count). The number of ether oxygens (including phenoxy) is 1. The summed E-state index contributed by atoms with van der Waals surface area (Å²) in [5, 5.41) is 0.0906. The minimum Gasteiger partial charge on any atom is -0.549 e. The molecule has 1 atom stereocenters. The number of hydrogen-bond donors (Lipinski definition) is 0. The number of hydrogen-bond acceptors (Lipinski definition) is 4. The van der Waals surface area contributed by atoms with Gasteiger partial charge in [0.05, 0.1) is 18.8 Å². The second-order valence-corrected chi connectivity index (χ2v) is 13.8. The number of rotatable bonds is 7. The molecule has 0 saturated carbocycles. The summed E-state index contributed by atoms with van der Waals surface area (Å²) in [5.74, 6) is -0.149. The zero-order chi connectivity index (χ0) is 20.8. The number of nitrogens with zero attached hydrogens (tertiary/aromatic N) is 1. The molecule has 0 unspecified atom stereocenters. The molecule has 6 heteroatoms. The summed E-state index contributed by atoms with van der Waals surface area (Å²) in [6.07, 6.45) is 6.07. The first kappa shape index (κ1) is 24.4. The molecule has 0 saturated heterocycles. The van der Waals surface area contributed by atoms with Crippen LogP contribution in [-0.2, 0) is 14.0 Å². The molecule has 1 amide bonds. The topological polar surface area (TPSA) is 55.8 Å². The largest absolute Gasteiger partial charge is 0.549 e. The predicted octanol–water partition coefficient (Wildman–Crippen LogP) is 5.29. The minimum absolute atomic E-state index is 0.0369. The summed E-state index contributed by atoms with van der Waals surface area (Å²) in [6, 6.07) is -0.330. The Hall–Kier alpha value is -1.56. The fraction of sp³-hybridized carbons (Fsp3) is 0.700. The summed E-state index contributed by atoms with van der Waals surface area (Å²) in [5.41, 5.74) is -0.625. The Bertz CT molecular complexity index is 539. The fourth-order valence-electron chi connectivity index (χ4n) is 1.71. The van der Waals surface area contributed by atoms with Crippen LogP contribution in [0.3, 0.4) is 0 Å². The third kappa shape index (κ3) is 8.69. The van der Waals surface area contributed by atoms with Crippen molar-refractivity contribution in [2.45, 2.75) is 85.2 Å². The molecule has 0 heterocycles. The lowest BCUT2D eigenvalue weighted by atomic mass is 10.2. The van der Waals surface area contributed by atoms with Crippen LogP contribution in [0.4, 0.5) is 4.79 Å². The van der Waals surface area contributed by atoms with Gasteiger partial charge in [0.1, 0.15) is 5.60 Å². The SMILES string of the molecule is CC=CC(=O)CN(C(=O)OC(C)(C)C)[C@@H](C)C=CO[Si](C)(C)C(C)(C)C. The van der Waals surface area contributed by atoms with Gasteiger partial charge in [0.2, 0.25) is 8.32 Å². The molecule has 0 radical (unpaired) electrons. The van der Waals surface area contributed by atoms with E-state index in [1.807, 2.05) is 6.92 Å². The van der Waals surface area contributed by atoms with Gasteiger partial charge in [-0.25, -0.2) is 4.79 Å². The van der Waals surface area contributed by atoms with Crippen molar-refractivity contribution in [3.8, 4) is 0 Å². The summed E-state index contributed by atoms with van der Waals surface area (Å²) in [4.78, 5) is 25.9. The first-order chi connectivity index (χ1) is 11.6. The fourth-order valence-corrected chi connectivity index (χ4v) is 2.48. The number of carbonyl (C=O) groups is 2. The monoisotopic (exact) mass is 383 g/mol. The van der Waals surface area contributed by atoms with E-state index < -0.39 is 20.0 Å². The molecule has 0 N–H and O–H groups in total. The molecule has 0 aromatic heterocycles. The Morgan fingerprint density at radius 1 is 1.12 bits per heavy atom. The lowest BCUT2D eigenvalue weighted by molar-refractivity contribution is -0.116. The number of carbonyl (C=O) groups excluding carboxylic acids is 2. The average molecular weight is 384 g/mol. The van der Waals surface area contributed by atoms with Crippen molar-refractivity contribution < 1.29 is 18.8 Å². The van der Waals surface area contributed by atoms with Gasteiger partial charge in [0.25, 0.3) is 0 Å². The Morgan fingerprint density at radius 2 is 1.65 bits per heavy atom. The maximum Gasteiger partial charge on any atom is 0.411 e. The quantitative estimate of drug-likeness (QED) is 0.340. The molecule has 0 aromatic carbocycles. The Balaban J connectivity index is 5.26. The van der Waals surface area contributed by atoms with E-state index in [1.165, 1.54) is 11.0 Å². The molecule has 0 bridgehead atoms. The van der Waals surface area contributed by atoms with Gasteiger partial charge in [-0.15, -0.1) is 0 Å². The van der Waals surface area contributed by atoms with E-state index in [9.17, 15) is 9.59 Å². The minimum atomic E-state index is -1.92. The van der Waals surface area contributed by atoms with Crippen LogP contribution >= 0.6 is 0 Å². The maximum absolute atomic E-state index is 12.5. The molecule has 26 heavy (non-hydrogen) atoms. The van der Waals surface area contributed by atoms with Crippen LogP contribution in [0.25, 0.3) is 0 Å². The Morgan fingerprint density at radius 3 is 2.08 bits per heavy atom. The van der Waals surface area contributed by atoms with Crippen molar-refractivity contribution in [3.05, 3.63) is 24.5 Å². The summed E-state index contributed by atoms with van der Waals surface area (Å²) >= 11 is 0. The van der Waals surface area contributed by atoms with E-state index in [2.05, 4.69) is 33.9 Å². The van der Waals surface area contributed by atoms with E-state index >= 15 is 0 Å². The van der Waals surface area contributed by atoms with Gasteiger partial charge in [0.15, 0.2) is 5.78 Å². The molecule has 0 aliphatic rings. The number of allylic oxidation sites excluding steroid dienone is 1. The van der Waals surface area contributed by atoms with Crippen molar-refractivity contribution in [2.75, 3.05) is 6.54 Å².